The van der Waals surface area contributed by atoms with Crippen LogP contribution in [0, 0.1) is 5.82 Å². The van der Waals surface area contributed by atoms with E-state index in [9.17, 15) is 9.18 Å². The quantitative estimate of drug-likeness (QED) is 0.436. The molecule has 1 saturated heterocycles. The van der Waals surface area contributed by atoms with Gasteiger partial charge in [-0.15, -0.1) is 12.4 Å². The van der Waals surface area contributed by atoms with Crippen LogP contribution in [0.2, 0.25) is 0 Å². The summed E-state index contributed by atoms with van der Waals surface area (Å²) in [5.74, 6) is -0.371. The Morgan fingerprint density at radius 2 is 1.80 bits per heavy atom. The average Bonchev–Trinajstić information content (AvgIpc) is 2.83. The number of piperazine rings is 1. The Bertz CT molecular complexity index is 1110. The topological polar surface area (TPSA) is 69.6 Å². The first-order valence-electron chi connectivity index (χ1n) is 11.9. The number of aliphatic carboxylic acids is 1. The van der Waals surface area contributed by atoms with Gasteiger partial charge >= 0.3 is 5.97 Å². The van der Waals surface area contributed by atoms with Crippen LogP contribution < -0.4 is 4.90 Å². The number of hydrogen-bond donors (Lipinski definition) is 1. The van der Waals surface area contributed by atoms with Gasteiger partial charge in [-0.1, -0.05) is 56.2 Å². The van der Waals surface area contributed by atoms with Crippen molar-refractivity contribution in [3.05, 3.63) is 77.9 Å². The summed E-state index contributed by atoms with van der Waals surface area (Å²) in [4.78, 5) is 25.0. The van der Waals surface area contributed by atoms with E-state index in [1.807, 2.05) is 24.3 Å². The normalized spacial score (nSPS) is 16.1. The van der Waals surface area contributed by atoms with Crippen molar-refractivity contribution in [2.75, 3.05) is 24.5 Å². The van der Waals surface area contributed by atoms with Crippen LogP contribution in [0.1, 0.15) is 37.3 Å². The molecular weight excluding hydrogens is 467 g/mol. The van der Waals surface area contributed by atoms with Crippen molar-refractivity contribution in [1.82, 2.24) is 14.9 Å². The van der Waals surface area contributed by atoms with Crippen molar-refractivity contribution in [3.8, 4) is 11.1 Å². The number of nitrogens with zero attached hydrogens (tertiary/aromatic N) is 4. The monoisotopic (exact) mass is 498 g/mol. The molecule has 2 heterocycles. The molecule has 1 aliphatic heterocycles. The maximum atomic E-state index is 13.6. The lowest BCUT2D eigenvalue weighted by atomic mass is 10.0. The number of benzene rings is 2. The van der Waals surface area contributed by atoms with E-state index in [-0.39, 0.29) is 24.6 Å². The molecule has 4 rings (SSSR count). The minimum Gasteiger partial charge on any atom is -0.481 e. The summed E-state index contributed by atoms with van der Waals surface area (Å²) in [6.45, 7) is 5.59. The molecule has 0 spiro atoms. The number of anilines is 1. The molecular formula is C27H32ClFN4O2. The predicted octanol–water partition coefficient (Wildman–Crippen LogP) is 5.21. The average molecular weight is 499 g/mol. The van der Waals surface area contributed by atoms with E-state index in [0.717, 1.165) is 67.7 Å². The van der Waals surface area contributed by atoms with Gasteiger partial charge in [0.1, 0.15) is 5.82 Å². The fourth-order valence-electron chi connectivity index (χ4n) is 4.57. The minimum absolute atomic E-state index is 0. The smallest absolute Gasteiger partial charge is 0.307 e. The van der Waals surface area contributed by atoms with E-state index < -0.39 is 5.97 Å². The number of aromatic nitrogens is 2. The zero-order valence-corrected chi connectivity index (χ0v) is 20.8. The van der Waals surface area contributed by atoms with Crippen molar-refractivity contribution < 1.29 is 14.3 Å². The van der Waals surface area contributed by atoms with Gasteiger partial charge in [0.2, 0.25) is 5.95 Å². The Kier molecular flexibility index (Phi) is 9.57. The molecule has 0 saturated carbocycles. The van der Waals surface area contributed by atoms with E-state index in [4.69, 9.17) is 5.11 Å². The molecule has 6 nitrogen and oxygen atoms in total. The van der Waals surface area contributed by atoms with Crippen LogP contribution in [0.5, 0.6) is 0 Å². The van der Waals surface area contributed by atoms with Crippen LogP contribution in [0.25, 0.3) is 11.1 Å². The lowest BCUT2D eigenvalue weighted by molar-refractivity contribution is -0.136. The van der Waals surface area contributed by atoms with Gasteiger partial charge in [0.15, 0.2) is 0 Å². The Morgan fingerprint density at radius 3 is 2.51 bits per heavy atom. The molecule has 35 heavy (non-hydrogen) atoms. The summed E-state index contributed by atoms with van der Waals surface area (Å²) in [5, 5.41) is 9.08. The van der Waals surface area contributed by atoms with E-state index in [1.165, 1.54) is 12.1 Å². The van der Waals surface area contributed by atoms with Gasteiger partial charge in [-0.2, -0.15) is 0 Å². The molecule has 186 valence electrons. The molecule has 2 aromatic carbocycles. The predicted molar refractivity (Wildman–Crippen MR) is 138 cm³/mol. The number of unbranched alkanes of at least 4 members (excludes halogenated alkanes) is 1. The number of rotatable bonds is 9. The summed E-state index contributed by atoms with van der Waals surface area (Å²) in [5.41, 5.74) is 3.53. The second-order valence-corrected chi connectivity index (χ2v) is 8.90. The third-order valence-electron chi connectivity index (χ3n) is 6.26. The molecule has 8 heteroatoms. The summed E-state index contributed by atoms with van der Waals surface area (Å²) >= 11 is 0. The molecule has 1 N–H and O–H groups in total. The summed E-state index contributed by atoms with van der Waals surface area (Å²) < 4.78 is 13.6. The van der Waals surface area contributed by atoms with Gasteiger partial charge in [0.05, 0.1) is 6.42 Å². The third kappa shape index (κ3) is 7.23. The number of carboxylic acid groups (broad SMARTS) is 1. The second-order valence-electron chi connectivity index (χ2n) is 8.90. The first-order chi connectivity index (χ1) is 16.5. The summed E-state index contributed by atoms with van der Waals surface area (Å²) in [7, 11) is 0. The van der Waals surface area contributed by atoms with Crippen LogP contribution in [-0.2, 0) is 17.8 Å². The number of carboxylic acids is 1. The van der Waals surface area contributed by atoms with Crippen molar-refractivity contribution in [2.45, 2.75) is 45.2 Å². The largest absolute Gasteiger partial charge is 0.481 e. The highest BCUT2D eigenvalue weighted by Gasteiger charge is 2.28. The second kappa shape index (κ2) is 12.6. The van der Waals surface area contributed by atoms with Crippen molar-refractivity contribution in [1.29, 1.82) is 0 Å². The number of hydrogen-bond acceptors (Lipinski definition) is 5. The van der Waals surface area contributed by atoms with Crippen LogP contribution in [0.4, 0.5) is 10.3 Å². The van der Waals surface area contributed by atoms with Gasteiger partial charge in [-0.3, -0.25) is 9.69 Å². The Hall–Kier alpha value is -3.03. The molecule has 3 aromatic rings. The van der Waals surface area contributed by atoms with E-state index in [1.54, 1.807) is 18.5 Å². The van der Waals surface area contributed by atoms with Crippen LogP contribution >= 0.6 is 12.4 Å². The molecule has 1 aromatic heterocycles. The lowest BCUT2D eigenvalue weighted by Gasteiger charge is -2.41. The van der Waals surface area contributed by atoms with Gasteiger partial charge in [-0.05, 0) is 35.2 Å². The maximum absolute atomic E-state index is 13.6. The summed E-state index contributed by atoms with van der Waals surface area (Å²) in [6.07, 6.45) is 6.90. The third-order valence-corrected chi connectivity index (χ3v) is 6.26. The molecule has 1 fully saturated rings. The van der Waals surface area contributed by atoms with Crippen molar-refractivity contribution >= 4 is 24.3 Å². The zero-order chi connectivity index (χ0) is 23.9. The van der Waals surface area contributed by atoms with Crippen LogP contribution in [-0.4, -0.2) is 51.6 Å². The first kappa shape index (κ1) is 26.6. The summed E-state index contributed by atoms with van der Waals surface area (Å²) in [6, 6.07) is 14.6. The van der Waals surface area contributed by atoms with E-state index in [0.29, 0.717) is 12.0 Å². The van der Waals surface area contributed by atoms with Gasteiger partial charge in [-0.25, -0.2) is 14.4 Å². The Balaban J connectivity index is 0.00000342. The Morgan fingerprint density at radius 1 is 1.06 bits per heavy atom. The highest BCUT2D eigenvalue weighted by Crippen LogP contribution is 2.24. The molecule has 0 aliphatic carbocycles. The van der Waals surface area contributed by atoms with Crippen molar-refractivity contribution in [2.24, 2.45) is 0 Å². The molecule has 1 atom stereocenters. The number of carbonyl (C=O) groups is 1. The Labute approximate surface area is 212 Å². The van der Waals surface area contributed by atoms with Crippen LogP contribution in [0.3, 0.4) is 0 Å². The highest BCUT2D eigenvalue weighted by molar-refractivity contribution is 5.85. The van der Waals surface area contributed by atoms with Gasteiger partial charge in [0.25, 0.3) is 0 Å². The first-order valence-corrected chi connectivity index (χ1v) is 11.9. The van der Waals surface area contributed by atoms with Gasteiger partial charge < -0.3 is 10.0 Å². The molecule has 1 aliphatic rings. The van der Waals surface area contributed by atoms with E-state index in [2.05, 4.69) is 32.8 Å². The van der Waals surface area contributed by atoms with Crippen molar-refractivity contribution in [3.63, 3.8) is 0 Å². The van der Waals surface area contributed by atoms with Gasteiger partial charge in [0, 0.05) is 50.2 Å². The number of halogens is 2. The molecule has 0 bridgehead atoms. The fraction of sp³-hybridized carbons (Fsp3) is 0.370. The lowest BCUT2D eigenvalue weighted by Crippen LogP contribution is -2.53. The standard InChI is InChI=1S/C27H31FN4O2.ClH/c1-2-3-10-25-19-31(18-21-7-4-6-20(13-21)14-26(33)34)11-12-32(25)27-29-16-23(17-30-27)22-8-5-9-24(28)15-22;/h4-9,13,15-17,25H,2-3,10-12,14,18-19H2,1H3,(H,33,34);1H/t25-;/m0./s1. The molecule has 0 amide bonds. The molecule has 0 unspecified atom stereocenters. The molecule has 0 radical (unpaired) electrons. The zero-order valence-electron chi connectivity index (χ0n) is 19.9. The SMILES string of the molecule is CCCC[C@H]1CN(Cc2cccc(CC(=O)O)c2)CCN1c1ncc(-c2cccc(F)c2)cn1.Cl. The van der Waals surface area contributed by atoms with E-state index >= 15 is 0 Å². The van der Waals surface area contributed by atoms with Crippen LogP contribution in [0.15, 0.2) is 60.9 Å². The minimum atomic E-state index is -0.811. The highest BCUT2D eigenvalue weighted by atomic mass is 35.5. The maximum Gasteiger partial charge on any atom is 0.307 e. The fourth-order valence-corrected chi connectivity index (χ4v) is 4.57.